The second kappa shape index (κ2) is 7.01. The third-order valence-corrected chi connectivity index (χ3v) is 6.89. The molecule has 2 aliphatic rings. The van der Waals surface area contributed by atoms with Gasteiger partial charge in [0.05, 0.1) is 32.3 Å². The fourth-order valence-corrected chi connectivity index (χ4v) is 4.61. The monoisotopic (exact) mass is 328 g/mol. The molecular formula is C22H34NO+. The summed E-state index contributed by atoms with van der Waals surface area (Å²) in [5.74, 6) is 2.08. The average molecular weight is 329 g/mol. The summed E-state index contributed by atoms with van der Waals surface area (Å²) in [4.78, 5) is 0. The van der Waals surface area contributed by atoms with Crippen molar-refractivity contribution in [2.24, 2.45) is 17.8 Å². The molecule has 2 nitrogen and oxygen atoms in total. The molecule has 0 radical (unpaired) electrons. The van der Waals surface area contributed by atoms with E-state index in [4.69, 9.17) is 4.74 Å². The maximum atomic E-state index is 6.70. The molecule has 0 amide bonds. The number of likely N-dealkylation sites (N-methyl/N-ethyl adjacent to an activating group) is 1. The highest BCUT2D eigenvalue weighted by molar-refractivity contribution is 5.26. The van der Waals surface area contributed by atoms with E-state index in [9.17, 15) is 0 Å². The van der Waals surface area contributed by atoms with Crippen molar-refractivity contribution in [2.45, 2.75) is 39.2 Å². The zero-order valence-electron chi connectivity index (χ0n) is 15.9. The molecule has 0 saturated heterocycles. The largest absolute Gasteiger partial charge is 0.364 e. The van der Waals surface area contributed by atoms with Crippen LogP contribution in [-0.4, -0.2) is 37.8 Å². The van der Waals surface area contributed by atoms with Gasteiger partial charge in [-0.25, -0.2) is 0 Å². The highest BCUT2D eigenvalue weighted by Gasteiger charge is 2.48. The lowest BCUT2D eigenvalue weighted by atomic mass is 9.75. The Morgan fingerprint density at radius 3 is 2.33 bits per heavy atom. The van der Waals surface area contributed by atoms with E-state index in [0.717, 1.165) is 23.6 Å². The number of hydrogen-bond acceptors (Lipinski definition) is 1. The predicted molar refractivity (Wildman–Crippen MR) is 101 cm³/mol. The van der Waals surface area contributed by atoms with Crippen LogP contribution in [0, 0.1) is 17.8 Å². The van der Waals surface area contributed by atoms with Crippen molar-refractivity contribution in [1.29, 1.82) is 0 Å². The van der Waals surface area contributed by atoms with Gasteiger partial charge in [-0.1, -0.05) is 42.5 Å². The topological polar surface area (TPSA) is 9.23 Å². The molecule has 2 heteroatoms. The predicted octanol–water partition coefficient (Wildman–Crippen LogP) is 4.62. The lowest BCUT2D eigenvalue weighted by molar-refractivity contribution is -0.906. The van der Waals surface area contributed by atoms with Gasteiger partial charge in [-0.05, 0) is 56.9 Å². The van der Waals surface area contributed by atoms with Crippen LogP contribution in [0.1, 0.15) is 39.2 Å². The molecule has 132 valence electrons. The maximum Gasteiger partial charge on any atom is 0.102 e. The van der Waals surface area contributed by atoms with Crippen LogP contribution in [0.2, 0.25) is 0 Å². The van der Waals surface area contributed by atoms with E-state index in [-0.39, 0.29) is 5.60 Å². The summed E-state index contributed by atoms with van der Waals surface area (Å²) < 4.78 is 7.79. The number of rotatable bonds is 8. The van der Waals surface area contributed by atoms with E-state index < -0.39 is 0 Å². The number of benzene rings is 1. The standard InChI is InChI=1S/C22H34NO/c1-5-23(4,6-2)14-15-24-22(3,20-10-8-7-9-11-20)21-17-18-12-13-19(21)16-18/h7-13,18-19,21H,5-6,14-17H2,1-4H3/q+1/t18-,19+,21?,22?/m1/s1. The van der Waals surface area contributed by atoms with Crippen molar-refractivity contribution in [3.05, 3.63) is 48.0 Å². The van der Waals surface area contributed by atoms with Crippen LogP contribution in [0.5, 0.6) is 0 Å². The summed E-state index contributed by atoms with van der Waals surface area (Å²) in [6, 6.07) is 10.9. The van der Waals surface area contributed by atoms with Gasteiger partial charge in [-0.15, -0.1) is 0 Å². The van der Waals surface area contributed by atoms with Gasteiger partial charge in [0.15, 0.2) is 0 Å². The minimum Gasteiger partial charge on any atom is -0.364 e. The van der Waals surface area contributed by atoms with Crippen molar-refractivity contribution in [2.75, 3.05) is 33.3 Å². The molecule has 1 aromatic carbocycles. The summed E-state index contributed by atoms with van der Waals surface area (Å²) in [6.07, 6.45) is 7.48. The van der Waals surface area contributed by atoms with E-state index >= 15 is 0 Å². The highest BCUT2D eigenvalue weighted by Crippen LogP contribution is 2.52. The highest BCUT2D eigenvalue weighted by atomic mass is 16.5. The Morgan fingerprint density at radius 1 is 1.08 bits per heavy atom. The van der Waals surface area contributed by atoms with E-state index in [1.165, 1.54) is 31.5 Å². The van der Waals surface area contributed by atoms with Gasteiger partial charge in [0.25, 0.3) is 0 Å². The first-order valence-electron chi connectivity index (χ1n) is 9.72. The summed E-state index contributed by atoms with van der Waals surface area (Å²) in [7, 11) is 2.34. The second-order valence-corrected chi connectivity index (χ2v) is 8.18. The van der Waals surface area contributed by atoms with Crippen LogP contribution in [0.3, 0.4) is 0 Å². The molecule has 1 aromatic rings. The van der Waals surface area contributed by atoms with Crippen LogP contribution >= 0.6 is 0 Å². The van der Waals surface area contributed by atoms with E-state index in [0.29, 0.717) is 11.8 Å². The van der Waals surface area contributed by atoms with Crippen molar-refractivity contribution in [3.8, 4) is 0 Å². The van der Waals surface area contributed by atoms with Crippen molar-refractivity contribution < 1.29 is 9.22 Å². The minimum atomic E-state index is -0.169. The van der Waals surface area contributed by atoms with Crippen molar-refractivity contribution >= 4 is 0 Å². The lowest BCUT2D eigenvalue weighted by Gasteiger charge is -2.41. The molecule has 0 aromatic heterocycles. The molecule has 0 N–H and O–H groups in total. The van der Waals surface area contributed by atoms with E-state index in [1.807, 2.05) is 0 Å². The summed E-state index contributed by atoms with van der Waals surface area (Å²) in [5, 5.41) is 0. The molecule has 2 bridgehead atoms. The van der Waals surface area contributed by atoms with Crippen LogP contribution in [0.25, 0.3) is 0 Å². The number of hydrogen-bond donors (Lipinski definition) is 0. The minimum absolute atomic E-state index is 0.169. The molecule has 3 rings (SSSR count). The number of nitrogens with zero attached hydrogens (tertiary/aromatic N) is 1. The number of quaternary nitrogens is 1. The van der Waals surface area contributed by atoms with Crippen LogP contribution in [0.4, 0.5) is 0 Å². The number of allylic oxidation sites excluding steroid dienone is 2. The Bertz CT molecular complexity index is 563. The van der Waals surface area contributed by atoms with Gasteiger partial charge < -0.3 is 9.22 Å². The van der Waals surface area contributed by atoms with Crippen LogP contribution in [0.15, 0.2) is 42.5 Å². The van der Waals surface area contributed by atoms with Gasteiger partial charge in [-0.3, -0.25) is 0 Å². The van der Waals surface area contributed by atoms with Gasteiger partial charge in [0.2, 0.25) is 0 Å². The molecule has 24 heavy (non-hydrogen) atoms. The molecule has 1 saturated carbocycles. The zero-order chi connectivity index (χ0) is 17.2. The average Bonchev–Trinajstić information content (AvgIpc) is 3.25. The molecule has 0 heterocycles. The quantitative estimate of drug-likeness (QED) is 0.500. The fourth-order valence-electron chi connectivity index (χ4n) is 4.61. The summed E-state index contributed by atoms with van der Waals surface area (Å²) in [6.45, 7) is 11.1. The SMILES string of the molecule is CC[N+](C)(CC)CCOC(C)(c1ccccc1)C1C[C@@H]2C=C[C@H]1C2. The summed E-state index contributed by atoms with van der Waals surface area (Å²) in [5.41, 5.74) is 1.18. The number of ether oxygens (including phenoxy) is 1. The molecule has 0 spiro atoms. The van der Waals surface area contributed by atoms with Gasteiger partial charge in [0, 0.05) is 0 Å². The van der Waals surface area contributed by atoms with Crippen LogP contribution < -0.4 is 0 Å². The third-order valence-electron chi connectivity index (χ3n) is 6.89. The first-order chi connectivity index (χ1) is 11.5. The fraction of sp³-hybridized carbons (Fsp3) is 0.636. The van der Waals surface area contributed by atoms with E-state index in [1.54, 1.807) is 0 Å². The molecule has 0 aliphatic heterocycles. The normalized spacial score (nSPS) is 28.2. The molecule has 1 fully saturated rings. The maximum absolute atomic E-state index is 6.70. The van der Waals surface area contributed by atoms with Crippen LogP contribution in [-0.2, 0) is 10.3 Å². The molecule has 4 atom stereocenters. The Hall–Kier alpha value is -1.12. The van der Waals surface area contributed by atoms with Crippen molar-refractivity contribution in [1.82, 2.24) is 0 Å². The first kappa shape index (κ1) is 17.7. The zero-order valence-corrected chi connectivity index (χ0v) is 15.9. The number of fused-ring (bicyclic) bond motifs is 2. The summed E-state index contributed by atoms with van der Waals surface area (Å²) >= 11 is 0. The first-order valence-corrected chi connectivity index (χ1v) is 9.72. The Kier molecular flexibility index (Phi) is 5.17. The lowest BCUT2D eigenvalue weighted by Crippen LogP contribution is -2.47. The smallest absolute Gasteiger partial charge is 0.102 e. The van der Waals surface area contributed by atoms with E-state index in [2.05, 4.69) is 70.3 Å². The van der Waals surface area contributed by atoms with Gasteiger partial charge >= 0.3 is 0 Å². The molecular weight excluding hydrogens is 294 g/mol. The third kappa shape index (κ3) is 3.32. The Morgan fingerprint density at radius 2 is 1.79 bits per heavy atom. The molecule has 2 unspecified atom stereocenters. The van der Waals surface area contributed by atoms with Gasteiger partial charge in [0.1, 0.15) is 6.54 Å². The Balaban J connectivity index is 1.77. The second-order valence-electron chi connectivity index (χ2n) is 8.18. The van der Waals surface area contributed by atoms with Crippen molar-refractivity contribution in [3.63, 3.8) is 0 Å². The van der Waals surface area contributed by atoms with Gasteiger partial charge in [-0.2, -0.15) is 0 Å². The molecule has 2 aliphatic carbocycles. The Labute approximate surface area is 148 Å².